The number of hydrogen-bond donors (Lipinski definition) is 0. The van der Waals surface area contributed by atoms with Gasteiger partial charge in [-0.05, 0) is 47.6 Å². The summed E-state index contributed by atoms with van der Waals surface area (Å²) in [6, 6.07) is 23.2. The first-order chi connectivity index (χ1) is 18.3. The average molecular weight is 637 g/mol. The van der Waals surface area contributed by atoms with Gasteiger partial charge >= 0.3 is 5.97 Å². The Morgan fingerprint density at radius 2 is 1.37 bits per heavy atom. The number of rotatable bonds is 6. The molecule has 192 valence electrons. The second-order valence-corrected chi connectivity index (χ2v) is 12.1. The molecular weight excluding hydrogens is 614 g/mol. The SMILES string of the molecule is O=C(COC(=O)c1cccc(N2C(=O)[C@@H]3[C@H]4C[C@@H]([C@H](Br)[C@H]4Br)[C@H]3C2=O)c1)c1ccc(-c2ccccc2)cc1. The molecule has 0 N–H and O–H groups in total. The van der Waals surface area contributed by atoms with Gasteiger partial charge in [0.25, 0.3) is 0 Å². The van der Waals surface area contributed by atoms with Crippen molar-refractivity contribution < 1.29 is 23.9 Å². The van der Waals surface area contributed by atoms with Crippen LogP contribution in [0.4, 0.5) is 5.69 Å². The fourth-order valence-corrected chi connectivity index (χ4v) is 8.03. The van der Waals surface area contributed by atoms with Gasteiger partial charge in [-0.1, -0.05) is 92.5 Å². The molecule has 6 nitrogen and oxygen atoms in total. The van der Waals surface area contributed by atoms with Gasteiger partial charge in [-0.15, -0.1) is 0 Å². The molecule has 3 aromatic carbocycles. The molecule has 3 aromatic rings. The van der Waals surface area contributed by atoms with Crippen LogP contribution >= 0.6 is 31.9 Å². The van der Waals surface area contributed by atoms with Crippen molar-refractivity contribution in [2.24, 2.45) is 23.7 Å². The van der Waals surface area contributed by atoms with Gasteiger partial charge in [0.15, 0.2) is 12.4 Å². The zero-order chi connectivity index (χ0) is 26.6. The zero-order valence-electron chi connectivity index (χ0n) is 20.1. The number of carbonyl (C=O) groups is 4. The Hall–Kier alpha value is -3.10. The summed E-state index contributed by atoms with van der Waals surface area (Å²) in [5.74, 6) is -1.91. The molecule has 6 atom stereocenters. The van der Waals surface area contributed by atoms with Crippen molar-refractivity contribution in [3.8, 4) is 11.1 Å². The number of amides is 2. The molecule has 0 unspecified atom stereocenters. The number of ketones is 1. The summed E-state index contributed by atoms with van der Waals surface area (Å²) in [7, 11) is 0. The number of esters is 1. The van der Waals surface area contributed by atoms with Gasteiger partial charge in [0, 0.05) is 15.2 Å². The van der Waals surface area contributed by atoms with Crippen LogP contribution in [0.1, 0.15) is 27.1 Å². The van der Waals surface area contributed by atoms with E-state index in [0.29, 0.717) is 11.3 Å². The average Bonchev–Trinajstić information content (AvgIpc) is 3.56. The lowest BCUT2D eigenvalue weighted by Gasteiger charge is -2.28. The summed E-state index contributed by atoms with van der Waals surface area (Å²) >= 11 is 7.39. The Morgan fingerprint density at radius 1 is 0.763 bits per heavy atom. The standard InChI is InChI=1S/C30H23Br2NO5/c31-26-21-14-22(27(26)32)25-24(21)28(35)33(29(25)36)20-8-4-7-19(13-20)30(37)38-15-23(34)18-11-9-17(10-12-18)16-5-2-1-3-6-16/h1-13,21-22,24-27H,14-15H2/t21-,22-,24-,25-,26+,27+/m1/s1. The molecule has 3 fully saturated rings. The highest BCUT2D eigenvalue weighted by molar-refractivity contribution is 9.12. The predicted octanol–water partition coefficient (Wildman–Crippen LogP) is 5.68. The summed E-state index contributed by atoms with van der Waals surface area (Å²) in [5.41, 5.74) is 2.99. The van der Waals surface area contributed by atoms with Crippen LogP contribution in [0.25, 0.3) is 11.1 Å². The molecule has 2 bridgehead atoms. The second-order valence-electron chi connectivity index (χ2n) is 10.0. The lowest BCUT2D eigenvalue weighted by atomic mass is 9.81. The number of alkyl halides is 2. The summed E-state index contributed by atoms with van der Waals surface area (Å²) in [6.45, 7) is -0.415. The Labute approximate surface area is 236 Å². The molecule has 2 amide bonds. The maximum Gasteiger partial charge on any atom is 0.338 e. The molecule has 6 rings (SSSR count). The third-order valence-electron chi connectivity index (χ3n) is 7.98. The first-order valence-corrected chi connectivity index (χ1v) is 14.3. The van der Waals surface area contributed by atoms with Gasteiger partial charge in [0.05, 0.1) is 23.1 Å². The number of imide groups is 1. The molecule has 0 radical (unpaired) electrons. The Kier molecular flexibility index (Phi) is 6.56. The fraction of sp³-hybridized carbons (Fsp3) is 0.267. The molecule has 8 heteroatoms. The van der Waals surface area contributed by atoms with E-state index in [-0.39, 0.29) is 56.5 Å². The molecular formula is C30H23Br2NO5. The highest BCUT2D eigenvalue weighted by Crippen LogP contribution is 2.60. The summed E-state index contributed by atoms with van der Waals surface area (Å²) < 4.78 is 5.29. The van der Waals surface area contributed by atoms with Crippen molar-refractivity contribution in [2.75, 3.05) is 11.5 Å². The fourth-order valence-electron chi connectivity index (χ4n) is 6.15. The Morgan fingerprint density at radius 3 is 2.00 bits per heavy atom. The van der Waals surface area contributed by atoms with Crippen LogP contribution in [0.5, 0.6) is 0 Å². The van der Waals surface area contributed by atoms with Crippen LogP contribution in [-0.2, 0) is 14.3 Å². The number of fused-ring (bicyclic) bond motifs is 5. The highest BCUT2D eigenvalue weighted by Gasteiger charge is 2.66. The van der Waals surface area contributed by atoms with Gasteiger partial charge < -0.3 is 4.74 Å². The van der Waals surface area contributed by atoms with Gasteiger partial charge in [-0.3, -0.25) is 19.3 Å². The minimum Gasteiger partial charge on any atom is -0.454 e. The van der Waals surface area contributed by atoms with E-state index in [1.807, 2.05) is 42.5 Å². The molecule has 1 aliphatic heterocycles. The zero-order valence-corrected chi connectivity index (χ0v) is 23.3. The number of carbonyl (C=O) groups excluding carboxylic acids is 4. The smallest absolute Gasteiger partial charge is 0.338 e. The van der Waals surface area contributed by atoms with Crippen molar-refractivity contribution in [3.63, 3.8) is 0 Å². The topological polar surface area (TPSA) is 80.8 Å². The van der Waals surface area contributed by atoms with Crippen molar-refractivity contribution >= 4 is 61.1 Å². The van der Waals surface area contributed by atoms with E-state index in [4.69, 9.17) is 4.74 Å². The number of halogens is 2. The summed E-state index contributed by atoms with van der Waals surface area (Å²) in [6.07, 6.45) is 0.849. The van der Waals surface area contributed by atoms with Gasteiger partial charge in [0.1, 0.15) is 0 Å². The largest absolute Gasteiger partial charge is 0.454 e. The van der Waals surface area contributed by atoms with Gasteiger partial charge in [-0.25, -0.2) is 4.79 Å². The van der Waals surface area contributed by atoms with E-state index in [9.17, 15) is 19.2 Å². The van der Waals surface area contributed by atoms with Crippen LogP contribution in [0.2, 0.25) is 0 Å². The number of ether oxygens (including phenoxy) is 1. The van der Waals surface area contributed by atoms with Crippen LogP contribution in [0, 0.1) is 23.7 Å². The first kappa shape index (κ1) is 25.2. The highest BCUT2D eigenvalue weighted by atomic mass is 79.9. The number of Topliss-reactive ketones (excluding diaryl/α,β-unsaturated/α-hetero) is 1. The Bertz CT molecular complexity index is 1410. The minimum absolute atomic E-state index is 0.108. The van der Waals surface area contributed by atoms with Crippen LogP contribution in [0.15, 0.2) is 78.9 Å². The lowest BCUT2D eigenvalue weighted by molar-refractivity contribution is -0.123. The number of hydrogen-bond acceptors (Lipinski definition) is 5. The van der Waals surface area contributed by atoms with Gasteiger partial charge in [-0.2, -0.15) is 0 Å². The molecule has 0 spiro atoms. The minimum atomic E-state index is -0.693. The molecule has 2 aliphatic carbocycles. The second kappa shape index (κ2) is 9.89. The first-order valence-electron chi connectivity index (χ1n) is 12.5. The van der Waals surface area contributed by atoms with Crippen molar-refractivity contribution in [3.05, 3.63) is 90.0 Å². The molecule has 1 saturated heterocycles. The lowest BCUT2D eigenvalue weighted by Crippen LogP contribution is -2.37. The summed E-state index contributed by atoms with van der Waals surface area (Å²) in [4.78, 5) is 53.6. The van der Waals surface area contributed by atoms with E-state index in [2.05, 4.69) is 31.9 Å². The third-order valence-corrected chi connectivity index (χ3v) is 11.2. The van der Waals surface area contributed by atoms with Gasteiger partial charge in [0.2, 0.25) is 11.8 Å². The van der Waals surface area contributed by atoms with Crippen molar-refractivity contribution in [1.82, 2.24) is 0 Å². The molecule has 0 aromatic heterocycles. The molecule has 38 heavy (non-hydrogen) atoms. The molecule has 1 heterocycles. The molecule has 2 saturated carbocycles. The van der Waals surface area contributed by atoms with E-state index in [0.717, 1.165) is 17.5 Å². The third kappa shape index (κ3) is 4.14. The monoisotopic (exact) mass is 635 g/mol. The van der Waals surface area contributed by atoms with Crippen LogP contribution < -0.4 is 4.90 Å². The predicted molar refractivity (Wildman–Crippen MR) is 149 cm³/mol. The van der Waals surface area contributed by atoms with Crippen molar-refractivity contribution in [2.45, 2.75) is 16.1 Å². The van der Waals surface area contributed by atoms with Crippen molar-refractivity contribution in [1.29, 1.82) is 0 Å². The molecule has 3 aliphatic rings. The van der Waals surface area contributed by atoms with Crippen LogP contribution in [-0.4, -0.2) is 39.8 Å². The quantitative estimate of drug-likeness (QED) is 0.151. The maximum absolute atomic E-state index is 13.3. The number of nitrogens with zero attached hydrogens (tertiary/aromatic N) is 1. The van der Waals surface area contributed by atoms with E-state index in [1.165, 1.54) is 11.0 Å². The van der Waals surface area contributed by atoms with E-state index in [1.54, 1.807) is 30.3 Å². The van der Waals surface area contributed by atoms with Crippen LogP contribution in [0.3, 0.4) is 0 Å². The summed E-state index contributed by atoms with van der Waals surface area (Å²) in [5, 5.41) is 0. The number of benzene rings is 3. The Balaban J connectivity index is 1.13. The normalized spacial score (nSPS) is 27.5. The maximum atomic E-state index is 13.3. The van der Waals surface area contributed by atoms with E-state index < -0.39 is 12.6 Å². The van der Waals surface area contributed by atoms with E-state index >= 15 is 0 Å². The number of anilines is 1.